The van der Waals surface area contributed by atoms with Crippen molar-refractivity contribution in [2.24, 2.45) is 5.41 Å². The molecule has 1 atom stereocenters. The SMILES string of the molecule is CN1CCCn2c(-c3ccc(F)c(F)c3)nc(C(=O)N[C@@H](CO)C(C)(C)C)c2C1. The lowest BCUT2D eigenvalue weighted by Crippen LogP contribution is -2.46. The zero-order valence-corrected chi connectivity index (χ0v) is 17.3. The summed E-state index contributed by atoms with van der Waals surface area (Å²) in [5, 5.41) is 12.6. The van der Waals surface area contributed by atoms with Crippen molar-refractivity contribution in [3.8, 4) is 11.4 Å². The monoisotopic (exact) mass is 406 g/mol. The number of halogens is 2. The van der Waals surface area contributed by atoms with E-state index in [2.05, 4.69) is 15.2 Å². The van der Waals surface area contributed by atoms with E-state index in [4.69, 9.17) is 0 Å². The molecule has 0 spiro atoms. The molecule has 1 aliphatic rings. The summed E-state index contributed by atoms with van der Waals surface area (Å²) in [6, 6.07) is 3.20. The van der Waals surface area contributed by atoms with Crippen molar-refractivity contribution in [1.82, 2.24) is 19.8 Å². The maximum atomic E-state index is 13.8. The molecule has 1 amide bonds. The van der Waals surface area contributed by atoms with Gasteiger partial charge in [-0.25, -0.2) is 13.8 Å². The second-order valence-electron chi connectivity index (χ2n) is 8.68. The van der Waals surface area contributed by atoms with Gasteiger partial charge in [-0.2, -0.15) is 0 Å². The van der Waals surface area contributed by atoms with Gasteiger partial charge in [0.25, 0.3) is 5.91 Å². The number of carbonyl (C=O) groups is 1. The van der Waals surface area contributed by atoms with Gasteiger partial charge in [0.2, 0.25) is 0 Å². The van der Waals surface area contributed by atoms with Crippen LogP contribution in [-0.2, 0) is 13.1 Å². The summed E-state index contributed by atoms with van der Waals surface area (Å²) in [7, 11) is 1.97. The fraction of sp³-hybridized carbons (Fsp3) is 0.524. The molecule has 0 bridgehead atoms. The van der Waals surface area contributed by atoms with E-state index in [1.807, 2.05) is 32.4 Å². The molecule has 0 unspecified atom stereocenters. The number of amides is 1. The van der Waals surface area contributed by atoms with Crippen molar-refractivity contribution in [2.45, 2.75) is 46.3 Å². The summed E-state index contributed by atoms with van der Waals surface area (Å²) in [4.78, 5) is 19.7. The van der Waals surface area contributed by atoms with Crippen LogP contribution in [0.1, 0.15) is 43.4 Å². The standard InChI is InChI=1S/C21H28F2N4O2/c1-21(2,3)17(12-28)24-20(29)18-16-11-26(4)8-5-9-27(16)19(25-18)13-6-7-14(22)15(23)10-13/h6-7,10,17,28H,5,8-9,11-12H2,1-4H3,(H,24,29)/t17-/m0/s1. The fourth-order valence-electron chi connectivity index (χ4n) is 3.52. The number of imidazole rings is 1. The quantitative estimate of drug-likeness (QED) is 0.819. The molecule has 0 radical (unpaired) electrons. The number of rotatable bonds is 4. The van der Waals surface area contributed by atoms with Gasteiger partial charge < -0.3 is 19.9 Å². The van der Waals surface area contributed by atoms with Gasteiger partial charge in [0.15, 0.2) is 17.3 Å². The lowest BCUT2D eigenvalue weighted by atomic mass is 9.87. The maximum Gasteiger partial charge on any atom is 0.272 e. The normalized spacial score (nSPS) is 16.2. The molecule has 2 aromatic rings. The van der Waals surface area contributed by atoms with Gasteiger partial charge in [-0.3, -0.25) is 4.79 Å². The highest BCUT2D eigenvalue weighted by Gasteiger charge is 2.30. The molecule has 0 aliphatic carbocycles. The number of nitrogens with zero attached hydrogens (tertiary/aromatic N) is 3. The summed E-state index contributed by atoms with van der Waals surface area (Å²) in [5.74, 6) is -1.82. The van der Waals surface area contributed by atoms with Crippen LogP contribution in [0.3, 0.4) is 0 Å². The van der Waals surface area contributed by atoms with E-state index in [9.17, 15) is 18.7 Å². The third-order valence-corrected chi connectivity index (χ3v) is 5.34. The Morgan fingerprint density at radius 3 is 2.62 bits per heavy atom. The molecule has 1 aromatic heterocycles. The van der Waals surface area contributed by atoms with Crippen molar-refractivity contribution >= 4 is 5.91 Å². The van der Waals surface area contributed by atoms with Gasteiger partial charge >= 0.3 is 0 Å². The van der Waals surface area contributed by atoms with E-state index in [0.717, 1.165) is 30.8 Å². The smallest absolute Gasteiger partial charge is 0.272 e. The average Bonchev–Trinajstić information content (AvgIpc) is 2.87. The molecule has 8 heteroatoms. The molecular formula is C21H28F2N4O2. The van der Waals surface area contributed by atoms with E-state index in [-0.39, 0.29) is 23.6 Å². The minimum atomic E-state index is -0.954. The first-order chi connectivity index (χ1) is 13.6. The summed E-state index contributed by atoms with van der Waals surface area (Å²) >= 11 is 0. The van der Waals surface area contributed by atoms with Crippen LogP contribution in [0.4, 0.5) is 8.78 Å². The molecule has 0 saturated heterocycles. The second-order valence-corrected chi connectivity index (χ2v) is 8.68. The zero-order valence-electron chi connectivity index (χ0n) is 17.3. The van der Waals surface area contributed by atoms with Gasteiger partial charge in [-0.15, -0.1) is 0 Å². The average molecular weight is 406 g/mol. The first-order valence-electron chi connectivity index (χ1n) is 9.77. The van der Waals surface area contributed by atoms with E-state index in [0.29, 0.717) is 24.5 Å². The first-order valence-corrected chi connectivity index (χ1v) is 9.77. The number of fused-ring (bicyclic) bond motifs is 1. The van der Waals surface area contributed by atoms with Crippen LogP contribution in [0.25, 0.3) is 11.4 Å². The Balaban J connectivity index is 2.06. The Kier molecular flexibility index (Phi) is 6.05. The molecule has 0 fully saturated rings. The Bertz CT molecular complexity index is 905. The van der Waals surface area contributed by atoms with Crippen LogP contribution in [0, 0.1) is 17.0 Å². The number of hydrogen-bond acceptors (Lipinski definition) is 4. The highest BCUT2D eigenvalue weighted by atomic mass is 19.2. The van der Waals surface area contributed by atoms with Crippen molar-refractivity contribution < 1.29 is 18.7 Å². The third kappa shape index (κ3) is 4.48. The summed E-state index contributed by atoms with van der Waals surface area (Å²) in [6.45, 7) is 7.59. The third-order valence-electron chi connectivity index (χ3n) is 5.34. The Labute approximate surface area is 169 Å². The number of aromatic nitrogens is 2. The Hall–Kier alpha value is -2.32. The summed E-state index contributed by atoms with van der Waals surface area (Å²) < 4.78 is 29.1. The summed E-state index contributed by atoms with van der Waals surface area (Å²) in [6.07, 6.45) is 0.846. The first kappa shape index (κ1) is 21.4. The van der Waals surface area contributed by atoms with Crippen molar-refractivity contribution in [3.05, 3.63) is 41.2 Å². The Morgan fingerprint density at radius 2 is 2.00 bits per heavy atom. The summed E-state index contributed by atoms with van der Waals surface area (Å²) in [5.41, 5.74) is 1.07. The molecule has 6 nitrogen and oxygen atoms in total. The molecule has 1 aromatic carbocycles. The minimum Gasteiger partial charge on any atom is -0.394 e. The van der Waals surface area contributed by atoms with Crippen LogP contribution < -0.4 is 5.32 Å². The van der Waals surface area contributed by atoms with Crippen molar-refractivity contribution in [3.63, 3.8) is 0 Å². The Morgan fingerprint density at radius 1 is 1.28 bits per heavy atom. The lowest BCUT2D eigenvalue weighted by molar-refractivity contribution is 0.0841. The number of hydrogen-bond donors (Lipinski definition) is 2. The van der Waals surface area contributed by atoms with Crippen LogP contribution in [0.2, 0.25) is 0 Å². The van der Waals surface area contributed by atoms with E-state index in [1.165, 1.54) is 6.07 Å². The van der Waals surface area contributed by atoms with Crippen molar-refractivity contribution in [2.75, 3.05) is 20.2 Å². The van der Waals surface area contributed by atoms with Gasteiger partial charge in [0.1, 0.15) is 5.82 Å². The van der Waals surface area contributed by atoms with E-state index < -0.39 is 17.7 Å². The highest BCUT2D eigenvalue weighted by Crippen LogP contribution is 2.28. The maximum absolute atomic E-state index is 13.8. The van der Waals surface area contributed by atoms with Gasteiger partial charge in [-0.1, -0.05) is 20.8 Å². The number of benzene rings is 1. The number of carbonyl (C=O) groups excluding carboxylic acids is 1. The van der Waals surface area contributed by atoms with Crippen LogP contribution in [0.5, 0.6) is 0 Å². The van der Waals surface area contributed by atoms with Crippen LogP contribution in [-0.4, -0.2) is 51.7 Å². The topological polar surface area (TPSA) is 70.4 Å². The minimum absolute atomic E-state index is 0.193. The van der Waals surface area contributed by atoms with E-state index >= 15 is 0 Å². The predicted molar refractivity (Wildman–Crippen MR) is 106 cm³/mol. The van der Waals surface area contributed by atoms with Crippen LogP contribution >= 0.6 is 0 Å². The van der Waals surface area contributed by atoms with Gasteiger partial charge in [0.05, 0.1) is 18.3 Å². The number of nitrogens with one attached hydrogen (secondary N) is 1. The van der Waals surface area contributed by atoms with Gasteiger partial charge in [-0.05, 0) is 43.6 Å². The molecule has 2 heterocycles. The second kappa shape index (κ2) is 8.20. The molecule has 29 heavy (non-hydrogen) atoms. The fourth-order valence-corrected chi connectivity index (χ4v) is 3.52. The van der Waals surface area contributed by atoms with Crippen LogP contribution in [0.15, 0.2) is 18.2 Å². The largest absolute Gasteiger partial charge is 0.394 e. The predicted octanol–water partition coefficient (Wildman–Crippen LogP) is 2.80. The number of aliphatic hydroxyl groups is 1. The molecule has 3 rings (SSSR count). The van der Waals surface area contributed by atoms with Gasteiger partial charge in [0, 0.05) is 18.7 Å². The lowest BCUT2D eigenvalue weighted by Gasteiger charge is -2.29. The van der Waals surface area contributed by atoms with Crippen molar-refractivity contribution in [1.29, 1.82) is 0 Å². The molecular weight excluding hydrogens is 378 g/mol. The molecule has 0 saturated carbocycles. The zero-order chi connectivity index (χ0) is 21.3. The molecule has 158 valence electrons. The van der Waals surface area contributed by atoms with E-state index in [1.54, 1.807) is 0 Å². The molecule has 1 aliphatic heterocycles. The highest BCUT2D eigenvalue weighted by molar-refractivity contribution is 5.94. The molecule has 2 N–H and O–H groups in total. The number of aliphatic hydroxyl groups excluding tert-OH is 1.